The SMILES string of the molecule is [Fe].[Ir].[cH-]1[cH-][cH-][cH-][cH-]1.c1ccc(-[c-]2cccc2)nc1. The fourth-order valence-corrected chi connectivity index (χ4v) is 1.40. The normalized spacial score (nSPS) is 8.22. The molecule has 1 heterocycles. The Hall–Kier alpha value is -0.981. The van der Waals surface area contributed by atoms with E-state index in [1.54, 1.807) is 0 Å². The van der Waals surface area contributed by atoms with Gasteiger partial charge in [0.1, 0.15) is 0 Å². The number of aromatic nitrogens is 1. The Morgan fingerprint density at radius 1 is 0.833 bits per heavy atom. The van der Waals surface area contributed by atoms with Crippen LogP contribution in [-0.4, -0.2) is 4.98 Å². The Bertz CT molecular complexity index is 457. The zero-order chi connectivity index (χ0) is 11.1. The second kappa shape index (κ2) is 9.99. The second-order valence-corrected chi connectivity index (χ2v) is 3.35. The maximum atomic E-state index is 4.22. The Balaban J connectivity index is 0.000000357. The van der Waals surface area contributed by atoms with Crippen molar-refractivity contribution >= 4 is 0 Å². The van der Waals surface area contributed by atoms with Gasteiger partial charge in [-0.25, -0.2) is 0 Å². The maximum absolute atomic E-state index is 4.22. The molecule has 0 saturated carbocycles. The van der Waals surface area contributed by atoms with E-state index < -0.39 is 0 Å². The molecule has 3 rings (SSSR count). The molecule has 3 heteroatoms. The van der Waals surface area contributed by atoms with Crippen molar-refractivity contribution in [3.05, 3.63) is 79.0 Å². The molecule has 18 heavy (non-hydrogen) atoms. The summed E-state index contributed by atoms with van der Waals surface area (Å²) in [5, 5.41) is 0. The van der Waals surface area contributed by atoms with Crippen LogP contribution in [0.25, 0.3) is 11.3 Å². The third-order valence-electron chi connectivity index (χ3n) is 2.18. The van der Waals surface area contributed by atoms with Crippen LogP contribution in [0.1, 0.15) is 0 Å². The Morgan fingerprint density at radius 2 is 1.39 bits per heavy atom. The second-order valence-electron chi connectivity index (χ2n) is 3.35. The summed E-state index contributed by atoms with van der Waals surface area (Å²) in [6.07, 6.45) is 1.81. The third kappa shape index (κ3) is 5.57. The molecule has 0 atom stereocenters. The van der Waals surface area contributed by atoms with Gasteiger partial charge >= 0.3 is 0 Å². The molecule has 0 aliphatic rings. The minimum atomic E-state index is 0. The van der Waals surface area contributed by atoms with E-state index >= 15 is 0 Å². The van der Waals surface area contributed by atoms with Crippen LogP contribution in [0.3, 0.4) is 0 Å². The minimum absolute atomic E-state index is 0. The first-order valence-electron chi connectivity index (χ1n) is 5.26. The summed E-state index contributed by atoms with van der Waals surface area (Å²) in [5.41, 5.74) is 2.23. The van der Waals surface area contributed by atoms with Gasteiger partial charge in [0.05, 0.1) is 0 Å². The topological polar surface area (TPSA) is 12.9 Å². The zero-order valence-electron chi connectivity index (χ0n) is 9.64. The van der Waals surface area contributed by atoms with Crippen molar-refractivity contribution in [2.24, 2.45) is 0 Å². The molecule has 0 fully saturated rings. The van der Waals surface area contributed by atoms with Crippen molar-refractivity contribution in [3.63, 3.8) is 0 Å². The van der Waals surface area contributed by atoms with Gasteiger partial charge in [0, 0.05) is 43.4 Å². The van der Waals surface area contributed by atoms with E-state index in [0.29, 0.717) is 0 Å². The summed E-state index contributed by atoms with van der Waals surface area (Å²) < 4.78 is 0. The van der Waals surface area contributed by atoms with E-state index in [9.17, 15) is 0 Å². The standard InChI is InChI=1S/C10H8N.C5H5.Fe.Ir/c1-2-6-9(5-1)10-7-3-4-8-11-10;1-2-4-5-3-1;;/h1-8H;1-5H;;/q-1;-5;;. The fraction of sp³-hybridized carbons (Fsp3) is 0. The van der Waals surface area contributed by atoms with Crippen molar-refractivity contribution in [2.45, 2.75) is 0 Å². The molecule has 1 aromatic heterocycles. The number of rotatable bonds is 1. The van der Waals surface area contributed by atoms with Gasteiger partial charge in [0.2, 0.25) is 0 Å². The Morgan fingerprint density at radius 3 is 1.83 bits per heavy atom. The smallest absolute Gasteiger partial charge is 0.0247 e. The van der Waals surface area contributed by atoms with Crippen molar-refractivity contribution in [3.8, 4) is 11.3 Å². The first-order chi connectivity index (χ1) is 7.97. The van der Waals surface area contributed by atoms with Gasteiger partial charge in [0.25, 0.3) is 0 Å². The fourth-order valence-electron chi connectivity index (χ4n) is 1.40. The summed E-state index contributed by atoms with van der Waals surface area (Å²) in [7, 11) is 0. The van der Waals surface area contributed by atoms with E-state index in [-0.39, 0.29) is 37.2 Å². The predicted octanol–water partition coefficient (Wildman–Crippen LogP) is 3.87. The average molecular weight is 455 g/mol. The molecule has 1 nitrogen and oxygen atoms in total. The molecule has 2 aromatic carbocycles. The molecular formula is C15H13FeIrN-6. The number of hydrogen-bond acceptors (Lipinski definition) is 1. The molecule has 0 amide bonds. The molecule has 0 saturated heterocycles. The van der Waals surface area contributed by atoms with Crippen molar-refractivity contribution in [1.82, 2.24) is 4.98 Å². The van der Waals surface area contributed by atoms with Gasteiger partial charge < -0.3 is 30.3 Å². The first kappa shape index (κ1) is 17.0. The minimum Gasteiger partial charge on any atom is -0.748 e. The number of nitrogens with zero attached hydrogens (tertiary/aromatic N) is 1. The van der Waals surface area contributed by atoms with Gasteiger partial charge in [-0.15, -0.1) is 18.2 Å². The van der Waals surface area contributed by atoms with Gasteiger partial charge in [-0.3, -0.25) is 4.98 Å². The molecule has 0 N–H and O–H groups in total. The summed E-state index contributed by atoms with van der Waals surface area (Å²) in [6.45, 7) is 0. The van der Waals surface area contributed by atoms with Crippen LogP contribution in [0.4, 0.5) is 0 Å². The molecule has 0 unspecified atom stereocenters. The summed E-state index contributed by atoms with van der Waals surface area (Å²) in [5.74, 6) is 0. The Kier molecular flexibility index (Phi) is 9.44. The molecule has 0 spiro atoms. The monoisotopic (exact) mass is 456 g/mol. The van der Waals surface area contributed by atoms with Gasteiger partial charge in [-0.1, -0.05) is 17.7 Å². The van der Waals surface area contributed by atoms with Gasteiger partial charge in [-0.2, -0.15) is 12.1 Å². The van der Waals surface area contributed by atoms with E-state index in [0.717, 1.165) is 5.69 Å². The molecule has 3 aromatic rings. The molecule has 0 bridgehead atoms. The molecule has 101 valence electrons. The summed E-state index contributed by atoms with van der Waals surface area (Å²) in [4.78, 5) is 4.22. The summed E-state index contributed by atoms with van der Waals surface area (Å²) >= 11 is 0. The van der Waals surface area contributed by atoms with E-state index in [1.807, 2.05) is 66.9 Å². The first-order valence-corrected chi connectivity index (χ1v) is 5.26. The van der Waals surface area contributed by atoms with Crippen LogP contribution in [0, 0.1) is 0 Å². The van der Waals surface area contributed by atoms with Crippen LogP contribution in [-0.2, 0) is 37.2 Å². The van der Waals surface area contributed by atoms with Gasteiger partial charge in [-0.05, 0) is 5.69 Å². The van der Waals surface area contributed by atoms with Crippen molar-refractivity contribution in [2.75, 3.05) is 0 Å². The number of pyridine rings is 1. The quantitative estimate of drug-likeness (QED) is 0.401. The summed E-state index contributed by atoms with van der Waals surface area (Å²) in [6, 6.07) is 24.1. The van der Waals surface area contributed by atoms with Crippen LogP contribution < -0.4 is 0 Å². The van der Waals surface area contributed by atoms with Crippen molar-refractivity contribution < 1.29 is 37.2 Å². The molecular weight excluding hydrogens is 442 g/mol. The van der Waals surface area contributed by atoms with Crippen LogP contribution in [0.5, 0.6) is 0 Å². The van der Waals surface area contributed by atoms with Crippen LogP contribution >= 0.6 is 0 Å². The molecule has 0 aliphatic carbocycles. The maximum Gasteiger partial charge on any atom is 0.0247 e. The molecule has 0 aliphatic heterocycles. The van der Waals surface area contributed by atoms with Gasteiger partial charge in [0.15, 0.2) is 0 Å². The molecule has 1 radical (unpaired) electrons. The largest absolute Gasteiger partial charge is 0.748 e. The third-order valence-corrected chi connectivity index (χ3v) is 2.18. The van der Waals surface area contributed by atoms with E-state index in [2.05, 4.69) is 17.1 Å². The average Bonchev–Trinajstić information content (AvgIpc) is 3.07. The zero-order valence-corrected chi connectivity index (χ0v) is 13.1. The van der Waals surface area contributed by atoms with Crippen molar-refractivity contribution in [1.29, 1.82) is 0 Å². The predicted molar refractivity (Wildman–Crippen MR) is 67.3 cm³/mol. The van der Waals surface area contributed by atoms with E-state index in [1.165, 1.54) is 5.56 Å². The van der Waals surface area contributed by atoms with E-state index in [4.69, 9.17) is 0 Å². The number of hydrogen-bond donors (Lipinski definition) is 0. The van der Waals surface area contributed by atoms with Crippen LogP contribution in [0.2, 0.25) is 0 Å². The van der Waals surface area contributed by atoms with Crippen LogP contribution in [0.15, 0.2) is 79.0 Å². The Labute approximate surface area is 132 Å².